The van der Waals surface area contributed by atoms with Crippen molar-refractivity contribution < 1.29 is 17.9 Å². The van der Waals surface area contributed by atoms with Crippen LogP contribution in [0.25, 0.3) is 0 Å². The van der Waals surface area contributed by atoms with E-state index in [2.05, 4.69) is 4.72 Å². The number of halogens is 1. The van der Waals surface area contributed by atoms with Crippen LogP contribution in [0, 0.1) is 0 Å². The van der Waals surface area contributed by atoms with Gasteiger partial charge in [-0.1, -0.05) is 11.6 Å². The molecule has 9 heteroatoms. The van der Waals surface area contributed by atoms with E-state index in [4.69, 9.17) is 16.3 Å². The molecule has 0 radical (unpaired) electrons. The topological polar surface area (TPSA) is 75.7 Å². The molecule has 0 aromatic heterocycles. The summed E-state index contributed by atoms with van der Waals surface area (Å²) in [5, 5.41) is 0.377. The summed E-state index contributed by atoms with van der Waals surface area (Å²) in [4.78, 5) is 15.6. The Bertz CT molecular complexity index is 1010. The Morgan fingerprint density at radius 3 is 2.52 bits per heavy atom. The van der Waals surface area contributed by atoms with Gasteiger partial charge in [0, 0.05) is 23.0 Å². The number of benzene rings is 2. The van der Waals surface area contributed by atoms with Crippen molar-refractivity contribution in [2.24, 2.45) is 0 Å². The molecule has 1 aliphatic rings. The number of carbonyl (C=O) groups is 1. The highest BCUT2D eigenvalue weighted by molar-refractivity contribution is 7.98. The second-order valence-electron chi connectivity index (χ2n) is 6.67. The molecule has 0 atom stereocenters. The fraction of sp³-hybridized carbons (Fsp3) is 0.350. The van der Waals surface area contributed by atoms with Crippen molar-refractivity contribution >= 4 is 45.0 Å². The van der Waals surface area contributed by atoms with E-state index in [1.165, 1.54) is 37.1 Å². The van der Waals surface area contributed by atoms with Gasteiger partial charge in [-0.25, -0.2) is 8.42 Å². The molecule has 1 heterocycles. The molecule has 0 saturated carbocycles. The van der Waals surface area contributed by atoms with E-state index in [9.17, 15) is 13.2 Å². The molecule has 1 aliphatic heterocycles. The highest BCUT2D eigenvalue weighted by Crippen LogP contribution is 2.31. The Morgan fingerprint density at radius 1 is 1.14 bits per heavy atom. The number of rotatable bonds is 6. The number of piperidine rings is 1. The lowest BCUT2D eigenvalue weighted by Crippen LogP contribution is -2.36. The quantitative estimate of drug-likeness (QED) is 0.650. The van der Waals surface area contributed by atoms with Crippen LogP contribution in [0.3, 0.4) is 0 Å². The molecule has 6 nitrogen and oxygen atoms in total. The van der Waals surface area contributed by atoms with Crippen molar-refractivity contribution in [1.82, 2.24) is 4.90 Å². The second kappa shape index (κ2) is 9.28. The third-order valence-corrected chi connectivity index (χ3v) is 7.15. The number of likely N-dealkylation sites (tertiary alicyclic amines) is 1. The number of anilines is 1. The molecule has 0 aliphatic carbocycles. The first-order chi connectivity index (χ1) is 13.9. The largest absolute Gasteiger partial charge is 0.495 e. The molecule has 1 amide bonds. The van der Waals surface area contributed by atoms with Crippen molar-refractivity contribution in [2.45, 2.75) is 29.1 Å². The lowest BCUT2D eigenvalue weighted by atomic mass is 10.1. The Hall–Kier alpha value is -1.90. The normalized spacial score (nSPS) is 14.5. The number of thioether (sulfide) groups is 1. The Morgan fingerprint density at radius 2 is 1.86 bits per heavy atom. The lowest BCUT2D eigenvalue weighted by Gasteiger charge is -2.27. The average molecular weight is 455 g/mol. The SMILES string of the molecule is COc1ccc(Cl)cc1NS(=O)(=O)c1ccc(SC)c(C(=O)N2CCCCC2)c1. The predicted molar refractivity (Wildman–Crippen MR) is 117 cm³/mol. The smallest absolute Gasteiger partial charge is 0.262 e. The summed E-state index contributed by atoms with van der Waals surface area (Å²) in [7, 11) is -2.49. The van der Waals surface area contributed by atoms with E-state index in [0.29, 0.717) is 29.4 Å². The molecule has 0 spiro atoms. The number of methoxy groups -OCH3 is 1. The number of hydrogen-bond acceptors (Lipinski definition) is 5. The Balaban J connectivity index is 1.95. The molecule has 2 aromatic rings. The zero-order chi connectivity index (χ0) is 21.0. The van der Waals surface area contributed by atoms with Crippen LogP contribution in [-0.2, 0) is 10.0 Å². The maximum absolute atomic E-state index is 13.0. The summed E-state index contributed by atoms with van der Waals surface area (Å²) in [6, 6.07) is 9.29. The van der Waals surface area contributed by atoms with Crippen molar-refractivity contribution in [3.63, 3.8) is 0 Å². The van der Waals surface area contributed by atoms with Gasteiger partial charge in [0.15, 0.2) is 0 Å². The summed E-state index contributed by atoms with van der Waals surface area (Å²) in [5.74, 6) is 0.217. The van der Waals surface area contributed by atoms with Crippen LogP contribution in [0.2, 0.25) is 5.02 Å². The molecule has 1 fully saturated rings. The van der Waals surface area contributed by atoms with Gasteiger partial charge in [-0.3, -0.25) is 9.52 Å². The summed E-state index contributed by atoms with van der Waals surface area (Å²) >= 11 is 7.42. The van der Waals surface area contributed by atoms with Crippen LogP contribution >= 0.6 is 23.4 Å². The summed E-state index contributed by atoms with van der Waals surface area (Å²) < 4.78 is 33.7. The summed E-state index contributed by atoms with van der Waals surface area (Å²) in [5.41, 5.74) is 0.637. The van der Waals surface area contributed by atoms with Gasteiger partial charge in [-0.15, -0.1) is 11.8 Å². The first kappa shape index (κ1) is 21.8. The molecular weight excluding hydrogens is 432 g/mol. The van der Waals surface area contributed by atoms with Crippen LogP contribution in [0.4, 0.5) is 5.69 Å². The molecule has 0 bridgehead atoms. The van der Waals surface area contributed by atoms with Crippen molar-refractivity contribution in [1.29, 1.82) is 0 Å². The maximum Gasteiger partial charge on any atom is 0.262 e. The first-order valence-electron chi connectivity index (χ1n) is 9.19. The van der Waals surface area contributed by atoms with Gasteiger partial charge in [0.25, 0.3) is 15.9 Å². The minimum Gasteiger partial charge on any atom is -0.495 e. The Labute approximate surface area is 180 Å². The summed E-state index contributed by atoms with van der Waals surface area (Å²) in [6.07, 6.45) is 4.91. The van der Waals surface area contributed by atoms with Gasteiger partial charge in [0.05, 0.1) is 23.3 Å². The average Bonchev–Trinajstić information content (AvgIpc) is 2.73. The number of nitrogens with one attached hydrogen (secondary N) is 1. The minimum absolute atomic E-state index is 0.0117. The van der Waals surface area contributed by atoms with Crippen LogP contribution in [0.1, 0.15) is 29.6 Å². The van der Waals surface area contributed by atoms with E-state index < -0.39 is 10.0 Å². The Kier molecular flexibility index (Phi) is 6.97. The number of nitrogens with zero attached hydrogens (tertiary/aromatic N) is 1. The van der Waals surface area contributed by atoms with Crippen LogP contribution < -0.4 is 9.46 Å². The van der Waals surface area contributed by atoms with Gasteiger partial charge in [-0.2, -0.15) is 0 Å². The van der Waals surface area contributed by atoms with E-state index in [-0.39, 0.29) is 16.5 Å². The van der Waals surface area contributed by atoms with Gasteiger partial charge in [-0.05, 0) is 61.9 Å². The van der Waals surface area contributed by atoms with Gasteiger partial charge in [0.2, 0.25) is 0 Å². The third-order valence-electron chi connectivity index (χ3n) is 4.76. The van der Waals surface area contributed by atoms with Gasteiger partial charge >= 0.3 is 0 Å². The lowest BCUT2D eigenvalue weighted by molar-refractivity contribution is 0.0720. The minimum atomic E-state index is -3.94. The fourth-order valence-electron chi connectivity index (χ4n) is 3.25. The highest BCUT2D eigenvalue weighted by atomic mass is 35.5. The highest BCUT2D eigenvalue weighted by Gasteiger charge is 2.24. The standard InChI is InChI=1S/C20H23ClN2O4S2/c1-27-18-8-6-14(21)12-17(18)22-29(25,26)15-7-9-19(28-2)16(13-15)20(24)23-10-4-3-5-11-23/h6-9,12-13,22H,3-5,10-11H2,1-2H3. The monoisotopic (exact) mass is 454 g/mol. The van der Waals surface area contributed by atoms with Gasteiger partial charge in [0.1, 0.15) is 5.75 Å². The molecule has 1 N–H and O–H groups in total. The number of carbonyl (C=O) groups excluding carboxylic acids is 1. The third kappa shape index (κ3) is 4.99. The van der Waals surface area contributed by atoms with Gasteiger partial charge < -0.3 is 9.64 Å². The fourth-order valence-corrected chi connectivity index (χ4v) is 5.08. The van der Waals surface area contributed by atoms with E-state index in [0.717, 1.165) is 24.2 Å². The van der Waals surface area contributed by atoms with Crippen LogP contribution in [0.15, 0.2) is 46.2 Å². The molecular formula is C20H23ClN2O4S2. The second-order valence-corrected chi connectivity index (χ2v) is 9.63. The molecule has 1 saturated heterocycles. The number of sulfonamides is 1. The molecule has 0 unspecified atom stereocenters. The van der Waals surface area contributed by atoms with Crippen molar-refractivity contribution in [3.05, 3.63) is 47.0 Å². The van der Waals surface area contributed by atoms with Crippen LogP contribution in [-0.4, -0.2) is 45.7 Å². The van der Waals surface area contributed by atoms with E-state index in [1.807, 2.05) is 6.26 Å². The summed E-state index contributed by atoms with van der Waals surface area (Å²) in [6.45, 7) is 1.39. The molecule has 2 aromatic carbocycles. The van der Waals surface area contributed by atoms with E-state index in [1.54, 1.807) is 23.1 Å². The molecule has 29 heavy (non-hydrogen) atoms. The maximum atomic E-state index is 13.0. The number of ether oxygens (including phenoxy) is 1. The first-order valence-corrected chi connectivity index (χ1v) is 12.3. The molecule has 3 rings (SSSR count). The van der Waals surface area contributed by atoms with Crippen molar-refractivity contribution in [2.75, 3.05) is 31.2 Å². The number of hydrogen-bond donors (Lipinski definition) is 1. The van der Waals surface area contributed by atoms with Crippen molar-refractivity contribution in [3.8, 4) is 5.75 Å². The predicted octanol–water partition coefficient (Wildman–Crippen LogP) is 4.50. The number of amides is 1. The zero-order valence-electron chi connectivity index (χ0n) is 16.3. The zero-order valence-corrected chi connectivity index (χ0v) is 18.7. The van der Waals surface area contributed by atoms with E-state index >= 15 is 0 Å². The molecule has 156 valence electrons. The van der Waals surface area contributed by atoms with Crippen LogP contribution in [0.5, 0.6) is 5.75 Å².